The van der Waals surface area contributed by atoms with Gasteiger partial charge >= 0.3 is 0 Å². The first kappa shape index (κ1) is 13.5. The second-order valence-corrected chi connectivity index (χ2v) is 5.61. The molecule has 1 aliphatic rings. The van der Waals surface area contributed by atoms with Crippen LogP contribution < -0.4 is 0 Å². The van der Waals surface area contributed by atoms with E-state index in [9.17, 15) is 5.11 Å². The van der Waals surface area contributed by atoms with Gasteiger partial charge in [0.2, 0.25) is 5.89 Å². The fourth-order valence-electron chi connectivity index (χ4n) is 2.89. The molecule has 1 saturated carbocycles. The lowest BCUT2D eigenvalue weighted by molar-refractivity contribution is 0.181. The van der Waals surface area contributed by atoms with Crippen LogP contribution in [0.4, 0.5) is 0 Å². The topological polar surface area (TPSA) is 59.2 Å². The average molecular weight is 252 g/mol. The zero-order valence-electron chi connectivity index (χ0n) is 11.4. The molecule has 1 atom stereocenters. The molecule has 0 amide bonds. The van der Waals surface area contributed by atoms with E-state index >= 15 is 0 Å². The Balaban J connectivity index is 1.87. The number of hydrogen-bond donors (Lipinski definition) is 1. The van der Waals surface area contributed by atoms with Crippen molar-refractivity contribution in [2.75, 3.05) is 0 Å². The van der Waals surface area contributed by atoms with Gasteiger partial charge in [-0.25, -0.2) is 0 Å². The molecule has 1 unspecified atom stereocenters. The van der Waals surface area contributed by atoms with E-state index in [2.05, 4.69) is 17.1 Å². The number of rotatable bonds is 5. The van der Waals surface area contributed by atoms with Gasteiger partial charge in [0, 0.05) is 5.92 Å². The molecule has 0 saturated heterocycles. The normalized spacial score (nSPS) is 26.2. The fourth-order valence-corrected chi connectivity index (χ4v) is 2.89. The van der Waals surface area contributed by atoms with Crippen molar-refractivity contribution >= 4 is 0 Å². The molecular formula is C14H24N2O2. The van der Waals surface area contributed by atoms with Gasteiger partial charge in [0.1, 0.15) is 0 Å². The highest BCUT2D eigenvalue weighted by atomic mass is 16.5. The molecular weight excluding hydrogens is 228 g/mol. The summed E-state index contributed by atoms with van der Waals surface area (Å²) in [5.74, 6) is 2.77. The van der Waals surface area contributed by atoms with Crippen LogP contribution in [-0.2, 0) is 6.42 Å². The van der Waals surface area contributed by atoms with Crippen molar-refractivity contribution in [2.24, 2.45) is 5.92 Å². The third-order valence-corrected chi connectivity index (χ3v) is 3.86. The van der Waals surface area contributed by atoms with E-state index in [-0.39, 0.29) is 0 Å². The molecule has 1 aliphatic carbocycles. The first-order valence-corrected chi connectivity index (χ1v) is 7.19. The van der Waals surface area contributed by atoms with Gasteiger partial charge in [-0.15, -0.1) is 0 Å². The Bertz CT molecular complexity index is 354. The summed E-state index contributed by atoms with van der Waals surface area (Å²) in [6.07, 6.45) is 7.62. The van der Waals surface area contributed by atoms with Gasteiger partial charge in [-0.05, 0) is 38.5 Å². The van der Waals surface area contributed by atoms with Crippen LogP contribution in [0.25, 0.3) is 0 Å². The van der Waals surface area contributed by atoms with Gasteiger partial charge in [-0.1, -0.05) is 24.9 Å². The van der Waals surface area contributed by atoms with Gasteiger partial charge in [0.25, 0.3) is 0 Å². The Morgan fingerprint density at radius 3 is 2.67 bits per heavy atom. The largest absolute Gasteiger partial charge is 0.393 e. The van der Waals surface area contributed by atoms with Crippen molar-refractivity contribution in [1.82, 2.24) is 10.1 Å². The Labute approximate surface area is 109 Å². The average Bonchev–Trinajstić information content (AvgIpc) is 2.78. The van der Waals surface area contributed by atoms with E-state index in [1.165, 1.54) is 38.5 Å². The van der Waals surface area contributed by atoms with E-state index in [4.69, 9.17) is 4.52 Å². The molecule has 0 aromatic carbocycles. The van der Waals surface area contributed by atoms with E-state index in [1.807, 2.05) is 0 Å². The summed E-state index contributed by atoms with van der Waals surface area (Å²) in [5, 5.41) is 13.4. The van der Waals surface area contributed by atoms with Crippen LogP contribution in [0.5, 0.6) is 0 Å². The molecule has 102 valence electrons. The Kier molecular flexibility index (Phi) is 4.75. The maximum Gasteiger partial charge on any atom is 0.229 e. The predicted octanol–water partition coefficient (Wildman–Crippen LogP) is 3.07. The minimum atomic E-state index is -0.418. The third-order valence-electron chi connectivity index (χ3n) is 3.86. The smallest absolute Gasteiger partial charge is 0.229 e. The van der Waals surface area contributed by atoms with Gasteiger partial charge < -0.3 is 9.63 Å². The van der Waals surface area contributed by atoms with E-state index in [0.717, 1.165) is 11.7 Å². The Hall–Kier alpha value is -0.900. The van der Waals surface area contributed by atoms with Crippen molar-refractivity contribution in [3.8, 4) is 0 Å². The van der Waals surface area contributed by atoms with Crippen LogP contribution in [0.3, 0.4) is 0 Å². The number of hydrogen-bond acceptors (Lipinski definition) is 4. The second kappa shape index (κ2) is 6.32. The molecule has 1 aromatic rings. The SMILES string of the molecule is CCCC1CCC(c2noc(CC(C)O)n2)CC1. The molecule has 1 heterocycles. The van der Waals surface area contributed by atoms with Gasteiger partial charge in [0.05, 0.1) is 12.5 Å². The van der Waals surface area contributed by atoms with Crippen LogP contribution >= 0.6 is 0 Å². The quantitative estimate of drug-likeness (QED) is 0.875. The fraction of sp³-hybridized carbons (Fsp3) is 0.857. The molecule has 18 heavy (non-hydrogen) atoms. The van der Waals surface area contributed by atoms with Crippen molar-refractivity contribution in [2.45, 2.75) is 70.8 Å². The summed E-state index contributed by atoms with van der Waals surface area (Å²) in [6, 6.07) is 0. The Morgan fingerprint density at radius 1 is 1.33 bits per heavy atom. The van der Waals surface area contributed by atoms with Crippen LogP contribution in [0.15, 0.2) is 4.52 Å². The molecule has 2 rings (SSSR count). The summed E-state index contributed by atoms with van der Waals surface area (Å²) < 4.78 is 5.18. The molecule has 0 spiro atoms. The molecule has 1 aromatic heterocycles. The first-order valence-electron chi connectivity index (χ1n) is 7.19. The van der Waals surface area contributed by atoms with E-state index in [1.54, 1.807) is 6.92 Å². The van der Waals surface area contributed by atoms with Gasteiger partial charge in [-0.3, -0.25) is 0 Å². The molecule has 0 aliphatic heterocycles. The zero-order valence-corrected chi connectivity index (χ0v) is 11.4. The predicted molar refractivity (Wildman–Crippen MR) is 69.3 cm³/mol. The molecule has 4 heteroatoms. The molecule has 1 N–H and O–H groups in total. The van der Waals surface area contributed by atoms with Crippen molar-refractivity contribution in [3.05, 3.63) is 11.7 Å². The van der Waals surface area contributed by atoms with Crippen LogP contribution in [-0.4, -0.2) is 21.4 Å². The number of aliphatic hydroxyl groups is 1. The van der Waals surface area contributed by atoms with Gasteiger partial charge in [-0.2, -0.15) is 4.98 Å². The van der Waals surface area contributed by atoms with Gasteiger partial charge in [0.15, 0.2) is 5.82 Å². The molecule has 0 radical (unpaired) electrons. The van der Waals surface area contributed by atoms with Crippen molar-refractivity contribution in [3.63, 3.8) is 0 Å². The molecule has 0 bridgehead atoms. The number of aromatic nitrogens is 2. The van der Waals surface area contributed by atoms with Crippen LogP contribution in [0.1, 0.15) is 70.0 Å². The Morgan fingerprint density at radius 2 is 2.06 bits per heavy atom. The molecule has 4 nitrogen and oxygen atoms in total. The highest BCUT2D eigenvalue weighted by molar-refractivity contribution is 4.98. The third kappa shape index (κ3) is 3.55. The zero-order chi connectivity index (χ0) is 13.0. The minimum absolute atomic E-state index is 0.418. The van der Waals surface area contributed by atoms with Crippen molar-refractivity contribution < 1.29 is 9.63 Å². The lowest BCUT2D eigenvalue weighted by atomic mass is 9.80. The van der Waals surface area contributed by atoms with Crippen LogP contribution in [0, 0.1) is 5.92 Å². The summed E-state index contributed by atoms with van der Waals surface area (Å²) in [6.45, 7) is 3.99. The monoisotopic (exact) mass is 252 g/mol. The summed E-state index contributed by atoms with van der Waals surface area (Å²) >= 11 is 0. The molecule has 1 fully saturated rings. The lowest BCUT2D eigenvalue weighted by Crippen LogP contribution is -2.14. The van der Waals surface area contributed by atoms with Crippen LogP contribution in [0.2, 0.25) is 0 Å². The standard InChI is InChI=1S/C14H24N2O2/c1-3-4-11-5-7-12(8-6-11)14-15-13(18-16-14)9-10(2)17/h10-12,17H,3-9H2,1-2H3. The number of nitrogens with zero attached hydrogens (tertiary/aromatic N) is 2. The maximum atomic E-state index is 9.29. The highest BCUT2D eigenvalue weighted by Gasteiger charge is 2.25. The highest BCUT2D eigenvalue weighted by Crippen LogP contribution is 2.36. The second-order valence-electron chi connectivity index (χ2n) is 5.61. The van der Waals surface area contributed by atoms with E-state index < -0.39 is 6.10 Å². The summed E-state index contributed by atoms with van der Waals surface area (Å²) in [7, 11) is 0. The lowest BCUT2D eigenvalue weighted by Gasteiger charge is -2.26. The summed E-state index contributed by atoms with van der Waals surface area (Å²) in [5.41, 5.74) is 0. The van der Waals surface area contributed by atoms with E-state index in [0.29, 0.717) is 18.2 Å². The maximum absolute atomic E-state index is 9.29. The summed E-state index contributed by atoms with van der Waals surface area (Å²) in [4.78, 5) is 4.41. The first-order chi connectivity index (χ1) is 8.69. The minimum Gasteiger partial charge on any atom is -0.393 e. The van der Waals surface area contributed by atoms with Crippen molar-refractivity contribution in [1.29, 1.82) is 0 Å². The number of aliphatic hydroxyl groups excluding tert-OH is 1.